The lowest BCUT2D eigenvalue weighted by Crippen LogP contribution is -2.08. The van der Waals surface area contributed by atoms with Crippen molar-refractivity contribution >= 4 is 11.6 Å². The Morgan fingerprint density at radius 1 is 1.35 bits per heavy atom. The second kappa shape index (κ2) is 6.11. The molecule has 0 saturated carbocycles. The summed E-state index contributed by atoms with van der Waals surface area (Å²) in [5.74, 6) is 1.61. The number of rotatable bonds is 5. The lowest BCUT2D eigenvalue weighted by Gasteiger charge is -2.15. The van der Waals surface area contributed by atoms with Crippen molar-refractivity contribution in [3.05, 3.63) is 34.9 Å². The van der Waals surface area contributed by atoms with Crippen LogP contribution in [0.4, 0.5) is 0 Å². The number of halogens is 1. The van der Waals surface area contributed by atoms with Crippen molar-refractivity contribution in [1.82, 2.24) is 14.8 Å². The molecule has 20 heavy (non-hydrogen) atoms. The number of ether oxygens (including phenoxy) is 2. The van der Waals surface area contributed by atoms with Crippen molar-refractivity contribution in [2.45, 2.75) is 12.5 Å². The predicted octanol–water partition coefficient (Wildman–Crippen LogP) is 1.76. The zero-order valence-electron chi connectivity index (χ0n) is 11.5. The summed E-state index contributed by atoms with van der Waals surface area (Å²) in [5.41, 5.74) is 0.635. The molecule has 1 heterocycles. The number of methoxy groups -OCH3 is 2. The van der Waals surface area contributed by atoms with Gasteiger partial charge >= 0.3 is 0 Å². The molecule has 7 heteroatoms. The first-order chi connectivity index (χ1) is 9.56. The summed E-state index contributed by atoms with van der Waals surface area (Å²) in [6.45, 7) is 0. The van der Waals surface area contributed by atoms with E-state index < -0.39 is 6.10 Å². The van der Waals surface area contributed by atoms with E-state index in [9.17, 15) is 5.11 Å². The van der Waals surface area contributed by atoms with Crippen LogP contribution in [0.1, 0.15) is 17.5 Å². The van der Waals surface area contributed by atoms with Crippen molar-refractivity contribution in [1.29, 1.82) is 0 Å². The average molecular weight is 298 g/mol. The number of nitrogens with zero attached hydrogens (tertiary/aromatic N) is 3. The summed E-state index contributed by atoms with van der Waals surface area (Å²) >= 11 is 6.12. The van der Waals surface area contributed by atoms with Crippen LogP contribution in [0.2, 0.25) is 5.02 Å². The topological polar surface area (TPSA) is 69.4 Å². The van der Waals surface area contributed by atoms with Crippen molar-refractivity contribution in [3.8, 4) is 11.5 Å². The number of hydrogen-bond donors (Lipinski definition) is 1. The van der Waals surface area contributed by atoms with Gasteiger partial charge in [0.15, 0.2) is 11.5 Å². The molecule has 108 valence electrons. The molecule has 0 radical (unpaired) electrons. The summed E-state index contributed by atoms with van der Waals surface area (Å²) in [7, 11) is 4.81. The molecule has 0 aliphatic heterocycles. The minimum Gasteiger partial charge on any atom is -0.493 e. The van der Waals surface area contributed by atoms with E-state index in [4.69, 9.17) is 21.1 Å². The molecule has 0 amide bonds. The smallest absolute Gasteiger partial charge is 0.179 e. The van der Waals surface area contributed by atoms with E-state index in [2.05, 4.69) is 10.1 Å². The van der Waals surface area contributed by atoms with Gasteiger partial charge in [0.1, 0.15) is 12.2 Å². The second-order valence-electron chi connectivity index (χ2n) is 4.26. The van der Waals surface area contributed by atoms with Gasteiger partial charge < -0.3 is 14.6 Å². The maximum atomic E-state index is 10.3. The molecule has 0 aliphatic carbocycles. The van der Waals surface area contributed by atoms with Crippen LogP contribution < -0.4 is 9.47 Å². The minimum absolute atomic E-state index is 0.336. The zero-order chi connectivity index (χ0) is 14.7. The first-order valence-corrected chi connectivity index (χ1v) is 6.37. The molecule has 1 unspecified atom stereocenters. The van der Waals surface area contributed by atoms with Gasteiger partial charge in [0.05, 0.1) is 25.3 Å². The van der Waals surface area contributed by atoms with Crippen molar-refractivity contribution < 1.29 is 14.6 Å². The van der Waals surface area contributed by atoms with E-state index in [-0.39, 0.29) is 0 Å². The third-order valence-electron chi connectivity index (χ3n) is 3.02. The molecular weight excluding hydrogens is 282 g/mol. The largest absolute Gasteiger partial charge is 0.493 e. The number of aryl methyl sites for hydroxylation is 1. The van der Waals surface area contributed by atoms with Gasteiger partial charge in [-0.15, -0.1) is 0 Å². The van der Waals surface area contributed by atoms with Gasteiger partial charge in [-0.1, -0.05) is 11.6 Å². The third kappa shape index (κ3) is 2.86. The maximum Gasteiger partial charge on any atom is 0.179 e. The monoisotopic (exact) mass is 297 g/mol. The van der Waals surface area contributed by atoms with Gasteiger partial charge in [-0.05, 0) is 17.7 Å². The second-order valence-corrected chi connectivity index (χ2v) is 4.67. The highest BCUT2D eigenvalue weighted by Crippen LogP contribution is 2.38. The Morgan fingerprint density at radius 3 is 2.65 bits per heavy atom. The highest BCUT2D eigenvalue weighted by molar-refractivity contribution is 6.32. The molecule has 0 aliphatic rings. The van der Waals surface area contributed by atoms with Crippen LogP contribution in [-0.4, -0.2) is 34.1 Å². The summed E-state index contributed by atoms with van der Waals surface area (Å²) in [4.78, 5) is 4.08. The number of benzene rings is 1. The normalized spacial score (nSPS) is 12.2. The van der Waals surface area contributed by atoms with E-state index in [1.165, 1.54) is 20.5 Å². The molecule has 0 bridgehead atoms. The Morgan fingerprint density at radius 2 is 2.10 bits per heavy atom. The standard InChI is InChI=1S/C13H16ClN3O3/c1-17-12(15-7-16-17)6-10(18)8-4-9(14)13(20-3)11(5-8)19-2/h4-5,7,10,18H,6H2,1-3H3. The number of hydrogen-bond acceptors (Lipinski definition) is 5. The quantitative estimate of drug-likeness (QED) is 0.911. The highest BCUT2D eigenvalue weighted by atomic mass is 35.5. The first kappa shape index (κ1) is 14.6. The van der Waals surface area contributed by atoms with Gasteiger partial charge in [0.2, 0.25) is 0 Å². The number of aliphatic hydroxyl groups is 1. The average Bonchev–Trinajstić information content (AvgIpc) is 2.83. The highest BCUT2D eigenvalue weighted by Gasteiger charge is 2.17. The van der Waals surface area contributed by atoms with Gasteiger partial charge in [-0.3, -0.25) is 4.68 Å². The van der Waals surface area contributed by atoms with Gasteiger partial charge in [0, 0.05) is 13.5 Å². The molecule has 1 atom stereocenters. The minimum atomic E-state index is -0.754. The van der Waals surface area contributed by atoms with Crippen LogP contribution in [0.3, 0.4) is 0 Å². The predicted molar refractivity (Wildman–Crippen MR) is 74.2 cm³/mol. The molecule has 1 aromatic heterocycles. The summed E-state index contributed by atoms with van der Waals surface area (Å²) in [5, 5.41) is 14.6. The molecule has 6 nitrogen and oxygen atoms in total. The van der Waals surface area contributed by atoms with Crippen LogP contribution in [0.25, 0.3) is 0 Å². The Balaban J connectivity index is 2.28. The van der Waals surface area contributed by atoms with E-state index in [0.29, 0.717) is 34.3 Å². The van der Waals surface area contributed by atoms with E-state index in [1.807, 2.05) is 0 Å². The fourth-order valence-electron chi connectivity index (χ4n) is 1.93. The zero-order valence-corrected chi connectivity index (χ0v) is 12.3. The van der Waals surface area contributed by atoms with E-state index in [1.54, 1.807) is 23.9 Å². The molecule has 2 rings (SSSR count). The fourth-order valence-corrected chi connectivity index (χ4v) is 2.22. The Bertz CT molecular complexity index is 601. The fraction of sp³-hybridized carbons (Fsp3) is 0.385. The molecular formula is C13H16ClN3O3. The third-order valence-corrected chi connectivity index (χ3v) is 3.30. The Hall–Kier alpha value is -1.79. The van der Waals surface area contributed by atoms with Gasteiger partial charge in [-0.2, -0.15) is 5.10 Å². The molecule has 0 saturated heterocycles. The maximum absolute atomic E-state index is 10.3. The SMILES string of the molecule is COc1cc(C(O)Cc2ncnn2C)cc(Cl)c1OC. The van der Waals surface area contributed by atoms with Crippen LogP contribution in [-0.2, 0) is 13.5 Å². The molecule has 1 aromatic carbocycles. The molecule has 0 spiro atoms. The summed E-state index contributed by atoms with van der Waals surface area (Å²) in [6, 6.07) is 3.36. The van der Waals surface area contributed by atoms with Gasteiger partial charge in [-0.25, -0.2) is 4.98 Å². The van der Waals surface area contributed by atoms with Crippen molar-refractivity contribution in [2.75, 3.05) is 14.2 Å². The summed E-state index contributed by atoms with van der Waals surface area (Å²) < 4.78 is 12.0. The molecule has 2 aromatic rings. The van der Waals surface area contributed by atoms with Crippen LogP contribution >= 0.6 is 11.6 Å². The first-order valence-electron chi connectivity index (χ1n) is 5.99. The molecule has 0 fully saturated rings. The van der Waals surface area contributed by atoms with Gasteiger partial charge in [0.25, 0.3) is 0 Å². The Labute approximate surface area is 121 Å². The van der Waals surface area contributed by atoms with Crippen LogP contribution in [0, 0.1) is 0 Å². The van der Waals surface area contributed by atoms with E-state index >= 15 is 0 Å². The molecule has 1 N–H and O–H groups in total. The summed E-state index contributed by atoms with van der Waals surface area (Å²) in [6.07, 6.45) is 1.03. The number of aliphatic hydroxyl groups excluding tert-OH is 1. The lowest BCUT2D eigenvalue weighted by molar-refractivity contribution is 0.174. The number of aromatic nitrogens is 3. The van der Waals surface area contributed by atoms with E-state index in [0.717, 1.165) is 0 Å². The van der Waals surface area contributed by atoms with Crippen LogP contribution in [0.15, 0.2) is 18.5 Å². The van der Waals surface area contributed by atoms with Crippen LogP contribution in [0.5, 0.6) is 11.5 Å². The van der Waals surface area contributed by atoms with Crippen molar-refractivity contribution in [3.63, 3.8) is 0 Å². The Kier molecular flexibility index (Phi) is 4.46. The lowest BCUT2D eigenvalue weighted by atomic mass is 10.1. The van der Waals surface area contributed by atoms with Crippen molar-refractivity contribution in [2.24, 2.45) is 7.05 Å².